The van der Waals surface area contributed by atoms with Crippen LogP contribution in [0.2, 0.25) is 0 Å². The van der Waals surface area contributed by atoms with Gasteiger partial charge in [-0.05, 0) is 60.7 Å². The minimum Gasteiger partial charge on any atom is -0.484 e. The van der Waals surface area contributed by atoms with Crippen molar-refractivity contribution in [2.24, 2.45) is 11.8 Å². The van der Waals surface area contributed by atoms with Crippen molar-refractivity contribution in [1.29, 1.82) is 0 Å². The van der Waals surface area contributed by atoms with Gasteiger partial charge in [-0.2, -0.15) is 0 Å². The average molecular weight is 384 g/mol. The highest BCUT2D eigenvalue weighted by Crippen LogP contribution is 2.30. The molecular weight excluding hydrogens is 359 g/mol. The topological polar surface area (TPSA) is 67.4 Å². The van der Waals surface area contributed by atoms with Gasteiger partial charge in [-0.15, -0.1) is 0 Å². The summed E-state index contributed by atoms with van der Waals surface area (Å²) in [5, 5.41) is 5.79. The molecule has 1 saturated carbocycles. The van der Waals surface area contributed by atoms with Crippen molar-refractivity contribution in [3.8, 4) is 5.75 Å². The molecule has 6 heteroatoms. The Morgan fingerprint density at radius 3 is 2.29 bits per heavy atom. The van der Waals surface area contributed by atoms with Crippen LogP contribution >= 0.6 is 0 Å². The maximum absolute atomic E-state index is 13.1. The molecule has 2 aromatic carbocycles. The molecule has 148 valence electrons. The van der Waals surface area contributed by atoms with Crippen LogP contribution < -0.4 is 15.4 Å². The molecule has 2 aromatic rings. The zero-order valence-electron chi connectivity index (χ0n) is 16.1. The van der Waals surface area contributed by atoms with Gasteiger partial charge in [0, 0.05) is 11.6 Å². The second-order valence-corrected chi connectivity index (χ2v) is 7.42. The van der Waals surface area contributed by atoms with E-state index in [0.717, 1.165) is 18.4 Å². The lowest BCUT2D eigenvalue weighted by molar-refractivity contribution is -0.124. The van der Waals surface area contributed by atoms with Crippen LogP contribution in [-0.2, 0) is 9.59 Å². The van der Waals surface area contributed by atoms with Crippen molar-refractivity contribution in [3.05, 3.63) is 59.9 Å². The molecule has 5 nitrogen and oxygen atoms in total. The van der Waals surface area contributed by atoms with Gasteiger partial charge < -0.3 is 15.4 Å². The summed E-state index contributed by atoms with van der Waals surface area (Å²) < 4.78 is 18.7. The van der Waals surface area contributed by atoms with Crippen LogP contribution in [0.4, 0.5) is 10.1 Å². The van der Waals surface area contributed by atoms with E-state index in [9.17, 15) is 14.0 Å². The van der Waals surface area contributed by atoms with Crippen LogP contribution in [0.25, 0.3) is 0 Å². The van der Waals surface area contributed by atoms with Crippen molar-refractivity contribution in [2.45, 2.75) is 32.7 Å². The van der Waals surface area contributed by atoms with Gasteiger partial charge in [-0.25, -0.2) is 4.39 Å². The fraction of sp³-hybridized carbons (Fsp3) is 0.364. The molecule has 0 aromatic heterocycles. The van der Waals surface area contributed by atoms with E-state index in [4.69, 9.17) is 4.74 Å². The highest BCUT2D eigenvalue weighted by atomic mass is 19.1. The van der Waals surface area contributed by atoms with Crippen LogP contribution in [0.15, 0.2) is 48.5 Å². The average Bonchev–Trinajstić information content (AvgIpc) is 3.51. The number of rotatable bonds is 8. The van der Waals surface area contributed by atoms with E-state index in [1.54, 1.807) is 36.4 Å². The van der Waals surface area contributed by atoms with Crippen molar-refractivity contribution in [1.82, 2.24) is 5.32 Å². The molecule has 0 heterocycles. The van der Waals surface area contributed by atoms with Crippen molar-refractivity contribution < 1.29 is 18.7 Å². The van der Waals surface area contributed by atoms with Gasteiger partial charge >= 0.3 is 0 Å². The first kappa shape index (κ1) is 19.9. The highest BCUT2D eigenvalue weighted by Gasteiger charge is 2.29. The van der Waals surface area contributed by atoms with Crippen LogP contribution in [0.5, 0.6) is 5.75 Å². The van der Waals surface area contributed by atoms with Gasteiger partial charge in [0.15, 0.2) is 6.61 Å². The molecule has 1 aliphatic carbocycles. The fourth-order valence-electron chi connectivity index (χ4n) is 2.89. The van der Waals surface area contributed by atoms with Gasteiger partial charge in [0.2, 0.25) is 5.91 Å². The summed E-state index contributed by atoms with van der Waals surface area (Å²) in [6.45, 7) is 3.85. The third-order valence-corrected chi connectivity index (χ3v) is 4.65. The van der Waals surface area contributed by atoms with E-state index >= 15 is 0 Å². The quantitative estimate of drug-likeness (QED) is 0.721. The standard InChI is InChI=1S/C22H25FN2O3/c1-14(2)21(15-5-7-17(23)8-6-15)25-20(26)13-28-19-11-9-18(10-12-19)24-22(27)16-3-4-16/h5-12,14,16,21H,3-4,13H2,1-2H3,(H,24,27)(H,25,26). The Hall–Kier alpha value is -2.89. The first-order chi connectivity index (χ1) is 13.4. The Labute approximate surface area is 164 Å². The Bertz CT molecular complexity index is 815. The number of hydrogen-bond acceptors (Lipinski definition) is 3. The minimum absolute atomic E-state index is 0.0496. The number of ether oxygens (including phenoxy) is 1. The van der Waals surface area contributed by atoms with Gasteiger partial charge in [0.25, 0.3) is 5.91 Å². The van der Waals surface area contributed by atoms with Gasteiger partial charge in [0.05, 0.1) is 6.04 Å². The molecule has 1 unspecified atom stereocenters. The molecule has 3 rings (SSSR count). The molecular formula is C22H25FN2O3. The second kappa shape index (κ2) is 8.87. The summed E-state index contributed by atoms with van der Waals surface area (Å²) in [6.07, 6.45) is 1.91. The van der Waals surface area contributed by atoms with Crippen LogP contribution in [-0.4, -0.2) is 18.4 Å². The van der Waals surface area contributed by atoms with Crippen molar-refractivity contribution in [2.75, 3.05) is 11.9 Å². The van der Waals surface area contributed by atoms with E-state index < -0.39 is 0 Å². The summed E-state index contributed by atoms with van der Waals surface area (Å²) >= 11 is 0. The van der Waals surface area contributed by atoms with Gasteiger partial charge in [-0.3, -0.25) is 9.59 Å². The smallest absolute Gasteiger partial charge is 0.258 e. The largest absolute Gasteiger partial charge is 0.484 e. The lowest BCUT2D eigenvalue weighted by Crippen LogP contribution is -2.35. The highest BCUT2D eigenvalue weighted by molar-refractivity contribution is 5.94. The van der Waals surface area contributed by atoms with Gasteiger partial charge in [-0.1, -0.05) is 26.0 Å². The molecule has 0 aliphatic heterocycles. The molecule has 1 fully saturated rings. The number of carbonyl (C=O) groups is 2. The molecule has 0 spiro atoms. The SMILES string of the molecule is CC(C)C(NC(=O)COc1ccc(NC(=O)C2CC2)cc1)c1ccc(F)cc1. The number of carbonyl (C=O) groups excluding carboxylic acids is 2. The zero-order chi connectivity index (χ0) is 20.1. The number of nitrogens with one attached hydrogen (secondary N) is 2. The fourth-order valence-corrected chi connectivity index (χ4v) is 2.89. The van der Waals surface area contributed by atoms with Crippen LogP contribution in [0.1, 0.15) is 38.3 Å². The van der Waals surface area contributed by atoms with Crippen LogP contribution in [0.3, 0.4) is 0 Å². The summed E-state index contributed by atoms with van der Waals surface area (Å²) in [7, 11) is 0. The first-order valence-corrected chi connectivity index (χ1v) is 9.51. The molecule has 2 amide bonds. The monoisotopic (exact) mass is 384 g/mol. The molecule has 0 radical (unpaired) electrons. The Kier molecular flexibility index (Phi) is 6.29. The maximum Gasteiger partial charge on any atom is 0.258 e. The molecule has 0 bridgehead atoms. The van der Waals surface area contributed by atoms with Gasteiger partial charge in [0.1, 0.15) is 11.6 Å². The number of halogens is 1. The van der Waals surface area contributed by atoms with E-state index in [-0.39, 0.29) is 42.1 Å². The predicted octanol–water partition coefficient (Wildman–Crippen LogP) is 4.07. The summed E-state index contributed by atoms with van der Waals surface area (Å²) in [6, 6.07) is 12.8. The molecule has 1 aliphatic rings. The number of benzene rings is 2. The van der Waals surface area contributed by atoms with E-state index in [1.165, 1.54) is 12.1 Å². The summed E-state index contributed by atoms with van der Waals surface area (Å²) in [5.74, 6) is 0.321. The Balaban J connectivity index is 1.51. The summed E-state index contributed by atoms with van der Waals surface area (Å²) in [4.78, 5) is 24.1. The third-order valence-electron chi connectivity index (χ3n) is 4.65. The van der Waals surface area contributed by atoms with Crippen molar-refractivity contribution in [3.63, 3.8) is 0 Å². The molecule has 0 saturated heterocycles. The summed E-state index contributed by atoms with van der Waals surface area (Å²) in [5.41, 5.74) is 1.56. The molecule has 28 heavy (non-hydrogen) atoms. The minimum atomic E-state index is -0.308. The third kappa shape index (κ3) is 5.55. The number of hydrogen-bond donors (Lipinski definition) is 2. The van der Waals surface area contributed by atoms with Crippen LogP contribution in [0, 0.1) is 17.7 Å². The normalized spacial score (nSPS) is 14.4. The Morgan fingerprint density at radius 1 is 1.07 bits per heavy atom. The van der Waals surface area contributed by atoms with Crippen molar-refractivity contribution >= 4 is 17.5 Å². The second-order valence-electron chi connectivity index (χ2n) is 7.42. The lowest BCUT2D eigenvalue weighted by atomic mass is 9.96. The van der Waals surface area contributed by atoms with E-state index in [1.807, 2.05) is 13.8 Å². The number of anilines is 1. The van der Waals surface area contributed by atoms with E-state index in [2.05, 4.69) is 10.6 Å². The predicted molar refractivity (Wildman–Crippen MR) is 105 cm³/mol. The molecule has 1 atom stereocenters. The molecule has 2 N–H and O–H groups in total. The van der Waals surface area contributed by atoms with E-state index in [0.29, 0.717) is 11.4 Å². The first-order valence-electron chi connectivity index (χ1n) is 9.51. The lowest BCUT2D eigenvalue weighted by Gasteiger charge is -2.23. The zero-order valence-corrected chi connectivity index (χ0v) is 16.1. The number of amides is 2. The Morgan fingerprint density at radius 2 is 1.71 bits per heavy atom. The maximum atomic E-state index is 13.1.